The fourth-order valence-electron chi connectivity index (χ4n) is 1.68. The molecule has 0 aliphatic carbocycles. The zero-order valence-electron chi connectivity index (χ0n) is 15.2. The summed E-state index contributed by atoms with van der Waals surface area (Å²) in [5.74, 6) is -0.924. The molecule has 24 heavy (non-hydrogen) atoms. The van der Waals surface area contributed by atoms with Gasteiger partial charge in [-0.3, -0.25) is 0 Å². The Morgan fingerprint density at radius 1 is 0.917 bits per heavy atom. The molecule has 0 aliphatic rings. The summed E-state index contributed by atoms with van der Waals surface area (Å²) in [5.41, 5.74) is 0.349. The molecule has 0 aromatic rings. The van der Waals surface area contributed by atoms with E-state index in [0.717, 1.165) is 6.08 Å². The van der Waals surface area contributed by atoms with E-state index in [2.05, 4.69) is 13.2 Å². The van der Waals surface area contributed by atoms with Crippen LogP contribution in [0.3, 0.4) is 0 Å². The average molecular weight is 377 g/mol. The van der Waals surface area contributed by atoms with E-state index in [1.807, 2.05) is 26.2 Å². The van der Waals surface area contributed by atoms with Crippen molar-refractivity contribution in [1.82, 2.24) is 0 Å². The first kappa shape index (κ1) is 22.7. The molecule has 7 nitrogen and oxygen atoms in total. The van der Waals surface area contributed by atoms with Crippen LogP contribution in [0.25, 0.3) is 0 Å². The normalized spacial score (nSPS) is 11.7. The van der Waals surface area contributed by atoms with Gasteiger partial charge in [0, 0.05) is 11.6 Å². The Morgan fingerprint density at radius 2 is 1.38 bits per heavy atom. The lowest BCUT2D eigenvalue weighted by Crippen LogP contribution is -2.49. The Morgan fingerprint density at radius 3 is 1.79 bits per heavy atom. The van der Waals surface area contributed by atoms with Crippen molar-refractivity contribution in [3.8, 4) is 0 Å². The lowest BCUT2D eigenvalue weighted by molar-refractivity contribution is -0.140. The van der Waals surface area contributed by atoms with Crippen molar-refractivity contribution in [3.05, 3.63) is 24.8 Å². The molecule has 0 saturated carbocycles. The van der Waals surface area contributed by atoms with Crippen molar-refractivity contribution in [3.63, 3.8) is 0 Å². The lowest BCUT2D eigenvalue weighted by Gasteiger charge is -2.32. The monoisotopic (exact) mass is 376 g/mol. The van der Waals surface area contributed by atoms with E-state index in [9.17, 15) is 9.59 Å². The fourth-order valence-corrected chi connectivity index (χ4v) is 8.04. The molecule has 0 bridgehead atoms. The van der Waals surface area contributed by atoms with E-state index >= 15 is 0 Å². The van der Waals surface area contributed by atoms with Crippen molar-refractivity contribution in [2.45, 2.75) is 33.1 Å². The fraction of sp³-hybridized carbons (Fsp3) is 0.600. The maximum Gasteiger partial charge on any atom is 0.333 e. The van der Waals surface area contributed by atoms with E-state index in [0.29, 0.717) is 5.57 Å². The molecule has 0 heterocycles. The molecule has 0 N–H and O–H groups in total. The van der Waals surface area contributed by atoms with Gasteiger partial charge in [-0.1, -0.05) is 13.2 Å². The summed E-state index contributed by atoms with van der Waals surface area (Å²) >= 11 is 0. The Labute approximate surface area is 146 Å². The van der Waals surface area contributed by atoms with Gasteiger partial charge < -0.3 is 22.4 Å². The maximum absolute atomic E-state index is 11.3. The number of esters is 2. The minimum atomic E-state index is -2.43. The van der Waals surface area contributed by atoms with Crippen LogP contribution in [0.2, 0.25) is 26.2 Å². The van der Waals surface area contributed by atoms with Gasteiger partial charge in [0.25, 0.3) is 0 Å². The second-order valence-corrected chi connectivity index (χ2v) is 12.9. The highest BCUT2D eigenvalue weighted by atomic mass is 28.5. The summed E-state index contributed by atoms with van der Waals surface area (Å²) in [6.07, 6.45) is 1.10. The minimum Gasteiger partial charge on any atom is -0.460 e. The molecule has 0 aromatic heterocycles. The average Bonchev–Trinajstić information content (AvgIpc) is 2.46. The van der Waals surface area contributed by atoms with Crippen LogP contribution in [0.1, 0.15) is 6.92 Å². The van der Waals surface area contributed by atoms with Crippen LogP contribution in [-0.2, 0) is 32.0 Å². The molecule has 0 saturated heterocycles. The maximum atomic E-state index is 11.3. The first-order valence-corrected chi connectivity index (χ1v) is 13.2. The number of hydrogen-bond acceptors (Lipinski definition) is 7. The number of hydrogen-bond donors (Lipinski definition) is 0. The van der Waals surface area contributed by atoms with E-state index in [-0.39, 0.29) is 26.4 Å². The summed E-state index contributed by atoms with van der Waals surface area (Å²) in [6, 6.07) is 0. The minimum absolute atomic E-state index is 0.143. The van der Waals surface area contributed by atoms with Crippen LogP contribution in [-0.4, -0.2) is 55.5 Å². The molecule has 9 heteroatoms. The van der Waals surface area contributed by atoms with Crippen LogP contribution in [0.15, 0.2) is 24.8 Å². The molecular formula is C15H28O7Si2. The summed E-state index contributed by atoms with van der Waals surface area (Å²) in [4.78, 5) is 22.2. The van der Waals surface area contributed by atoms with Gasteiger partial charge in [0.1, 0.15) is 13.2 Å². The van der Waals surface area contributed by atoms with Gasteiger partial charge in [-0.15, -0.1) is 0 Å². The zero-order valence-corrected chi connectivity index (χ0v) is 17.2. The molecule has 0 spiro atoms. The third-order valence-electron chi connectivity index (χ3n) is 2.55. The van der Waals surface area contributed by atoms with E-state index in [1.54, 1.807) is 6.92 Å². The largest absolute Gasteiger partial charge is 0.460 e. The number of carbonyl (C=O) groups is 2. The number of ether oxygens (including phenoxy) is 2. The SMILES string of the molecule is C=CC(=O)OCCO[Si](C)(C)O[Si](C)(C)OCCOC(=O)C(=C)C. The van der Waals surface area contributed by atoms with E-state index in [4.69, 9.17) is 22.4 Å². The van der Waals surface area contributed by atoms with Gasteiger partial charge in [0.15, 0.2) is 0 Å². The number of rotatable bonds is 12. The second-order valence-electron chi connectivity index (χ2n) is 5.89. The van der Waals surface area contributed by atoms with Crippen LogP contribution in [0.4, 0.5) is 0 Å². The van der Waals surface area contributed by atoms with Crippen molar-refractivity contribution in [1.29, 1.82) is 0 Å². The van der Waals surface area contributed by atoms with E-state index < -0.39 is 29.1 Å². The molecule has 0 aromatic carbocycles. The zero-order chi connectivity index (χ0) is 18.8. The Bertz CT molecular complexity index is 461. The summed E-state index contributed by atoms with van der Waals surface area (Å²) in [7, 11) is -4.85. The Hall–Kier alpha value is -1.27. The number of carbonyl (C=O) groups excluding carboxylic acids is 2. The molecule has 0 aliphatic heterocycles. The molecule has 0 radical (unpaired) electrons. The van der Waals surface area contributed by atoms with Gasteiger partial charge in [-0.2, -0.15) is 0 Å². The van der Waals surface area contributed by atoms with Crippen LogP contribution < -0.4 is 0 Å². The first-order valence-electron chi connectivity index (χ1n) is 7.59. The summed E-state index contributed by atoms with van der Waals surface area (Å²) in [5, 5.41) is 0. The van der Waals surface area contributed by atoms with Crippen molar-refractivity contribution in [2.24, 2.45) is 0 Å². The van der Waals surface area contributed by atoms with E-state index in [1.165, 1.54) is 0 Å². The molecule has 0 rings (SSSR count). The van der Waals surface area contributed by atoms with Crippen molar-refractivity contribution >= 4 is 29.1 Å². The summed E-state index contributed by atoms with van der Waals surface area (Å²) in [6.45, 7) is 16.8. The molecule has 0 fully saturated rings. The Balaban J connectivity index is 4.11. The molecule has 138 valence electrons. The summed E-state index contributed by atoms with van der Waals surface area (Å²) < 4.78 is 27.3. The highest BCUT2D eigenvalue weighted by Crippen LogP contribution is 2.16. The highest BCUT2D eigenvalue weighted by molar-refractivity contribution is 6.78. The topological polar surface area (TPSA) is 80.3 Å². The first-order chi connectivity index (χ1) is 11.0. The van der Waals surface area contributed by atoms with Crippen LogP contribution >= 0.6 is 0 Å². The third-order valence-corrected chi connectivity index (χ3v) is 8.28. The molecular weight excluding hydrogens is 348 g/mol. The quantitative estimate of drug-likeness (QED) is 0.224. The molecule has 0 unspecified atom stereocenters. The van der Waals surface area contributed by atoms with Gasteiger partial charge in [0.05, 0.1) is 13.2 Å². The smallest absolute Gasteiger partial charge is 0.333 e. The van der Waals surface area contributed by atoms with Gasteiger partial charge >= 0.3 is 29.1 Å². The molecule has 0 amide bonds. The van der Waals surface area contributed by atoms with Crippen LogP contribution in [0.5, 0.6) is 0 Å². The Kier molecular flexibility index (Phi) is 10.0. The second kappa shape index (κ2) is 10.6. The van der Waals surface area contributed by atoms with Gasteiger partial charge in [0.2, 0.25) is 0 Å². The lowest BCUT2D eigenvalue weighted by atomic mass is 10.4. The van der Waals surface area contributed by atoms with Crippen molar-refractivity contribution < 1.29 is 32.0 Å². The standard InChI is InChI=1S/C15H28O7Si2/c1-8-14(16)18-9-11-20-23(4,5)22-24(6,7)21-12-10-19-15(17)13(2)3/h8H,1-2,9-12H2,3-7H3. The third kappa shape index (κ3) is 11.3. The predicted octanol–water partition coefficient (Wildman–Crippen LogP) is 2.29. The van der Waals surface area contributed by atoms with Gasteiger partial charge in [-0.05, 0) is 33.1 Å². The highest BCUT2D eigenvalue weighted by Gasteiger charge is 2.36. The predicted molar refractivity (Wildman–Crippen MR) is 94.9 cm³/mol. The van der Waals surface area contributed by atoms with Gasteiger partial charge in [-0.25, -0.2) is 9.59 Å². The van der Waals surface area contributed by atoms with Crippen molar-refractivity contribution in [2.75, 3.05) is 26.4 Å². The van der Waals surface area contributed by atoms with Crippen LogP contribution in [0, 0.1) is 0 Å². The molecule has 0 atom stereocenters.